The summed E-state index contributed by atoms with van der Waals surface area (Å²) in [5.74, 6) is 2.21. The zero-order valence-electron chi connectivity index (χ0n) is 17.3. The number of aromatic nitrogens is 2. The van der Waals surface area contributed by atoms with E-state index in [1.807, 2.05) is 11.8 Å². The third-order valence-corrected chi connectivity index (χ3v) is 7.33. The maximum Gasteiger partial charge on any atom is 0.264 e. The van der Waals surface area contributed by atoms with Crippen molar-refractivity contribution in [2.75, 3.05) is 26.2 Å². The lowest BCUT2D eigenvalue weighted by atomic mass is 9.72. The first kappa shape index (κ1) is 19.6. The molecule has 1 fully saturated rings. The zero-order valence-corrected chi connectivity index (χ0v) is 18.1. The highest BCUT2D eigenvalue weighted by molar-refractivity contribution is 7.14. The van der Waals surface area contributed by atoms with E-state index in [2.05, 4.69) is 41.9 Å². The van der Waals surface area contributed by atoms with Crippen LogP contribution < -0.4 is 0 Å². The summed E-state index contributed by atoms with van der Waals surface area (Å²) < 4.78 is 5.21. The third kappa shape index (κ3) is 4.15. The van der Waals surface area contributed by atoms with Crippen molar-refractivity contribution in [2.24, 2.45) is 11.3 Å². The number of nitrogens with zero attached hydrogens (tertiary/aromatic N) is 4. The quantitative estimate of drug-likeness (QED) is 0.786. The average Bonchev–Trinajstić information content (AvgIpc) is 3.26. The zero-order chi connectivity index (χ0) is 19.9. The van der Waals surface area contributed by atoms with Gasteiger partial charge in [-0.3, -0.25) is 9.69 Å². The summed E-state index contributed by atoms with van der Waals surface area (Å²) in [5, 5.41) is 3.84. The summed E-state index contributed by atoms with van der Waals surface area (Å²) >= 11 is 1.72. The largest absolute Gasteiger partial charge is 0.338 e. The summed E-state index contributed by atoms with van der Waals surface area (Å²) in [6.07, 6.45) is 3.46. The fraction of sp³-hybridized carbons (Fsp3) is 0.667. The molecule has 0 N–H and O–H groups in total. The minimum absolute atomic E-state index is 0.194. The molecule has 1 amide bonds. The average molecular weight is 403 g/mol. The van der Waals surface area contributed by atoms with Crippen molar-refractivity contribution in [1.29, 1.82) is 0 Å². The Kier molecular flexibility index (Phi) is 5.31. The van der Waals surface area contributed by atoms with Gasteiger partial charge < -0.3 is 9.42 Å². The monoisotopic (exact) mass is 402 g/mol. The summed E-state index contributed by atoms with van der Waals surface area (Å²) in [6, 6.07) is 2.17. The minimum Gasteiger partial charge on any atom is -0.338 e. The summed E-state index contributed by atoms with van der Waals surface area (Å²) in [7, 11) is 0. The van der Waals surface area contributed by atoms with Crippen molar-refractivity contribution in [3.05, 3.63) is 33.1 Å². The second-order valence-corrected chi connectivity index (χ2v) is 10.3. The van der Waals surface area contributed by atoms with Gasteiger partial charge in [-0.1, -0.05) is 25.9 Å². The van der Waals surface area contributed by atoms with Crippen molar-refractivity contribution in [1.82, 2.24) is 19.9 Å². The van der Waals surface area contributed by atoms with E-state index in [1.165, 1.54) is 16.9 Å². The summed E-state index contributed by atoms with van der Waals surface area (Å²) in [6.45, 7) is 12.6. The summed E-state index contributed by atoms with van der Waals surface area (Å²) in [4.78, 5) is 23.9. The molecule has 2 aliphatic rings. The highest BCUT2D eigenvalue weighted by Gasteiger charge is 2.31. The second kappa shape index (κ2) is 7.59. The van der Waals surface area contributed by atoms with Gasteiger partial charge in [-0.25, -0.2) is 0 Å². The van der Waals surface area contributed by atoms with Crippen LogP contribution in [0, 0.1) is 18.3 Å². The lowest BCUT2D eigenvalue weighted by Gasteiger charge is -2.33. The van der Waals surface area contributed by atoms with Crippen molar-refractivity contribution < 1.29 is 9.32 Å². The fourth-order valence-electron chi connectivity index (χ4n) is 4.23. The molecule has 0 saturated carbocycles. The Morgan fingerprint density at radius 2 is 2.04 bits per heavy atom. The van der Waals surface area contributed by atoms with E-state index < -0.39 is 0 Å². The number of piperazine rings is 1. The van der Waals surface area contributed by atoms with E-state index in [1.54, 1.807) is 11.3 Å². The number of carbonyl (C=O) groups excluding carboxylic acids is 1. The summed E-state index contributed by atoms with van der Waals surface area (Å²) in [5.41, 5.74) is 1.74. The highest BCUT2D eigenvalue weighted by atomic mass is 32.1. The standard InChI is InChI=1S/C21H30N4O2S/c1-14-22-19(27-23-14)13-24-7-9-25(10-8-24)20(26)18-12-15-11-16(21(2,3)4)5-6-17(15)28-18/h12,16H,5-11,13H2,1-4H3. The minimum atomic E-state index is 0.194. The van der Waals surface area contributed by atoms with Gasteiger partial charge in [0.2, 0.25) is 5.89 Å². The molecule has 4 rings (SSSR count). The van der Waals surface area contributed by atoms with E-state index >= 15 is 0 Å². The van der Waals surface area contributed by atoms with Gasteiger partial charge in [-0.2, -0.15) is 4.98 Å². The third-order valence-electron chi connectivity index (χ3n) is 6.11. The number of carbonyl (C=O) groups is 1. The second-order valence-electron chi connectivity index (χ2n) is 9.17. The van der Waals surface area contributed by atoms with E-state index in [9.17, 15) is 4.79 Å². The Morgan fingerprint density at radius 3 is 2.68 bits per heavy atom. The SMILES string of the molecule is Cc1noc(CN2CCN(C(=O)c3cc4c(s3)CCC(C(C)(C)C)C4)CC2)n1. The Labute approximate surface area is 170 Å². The van der Waals surface area contributed by atoms with Gasteiger partial charge in [0, 0.05) is 31.1 Å². The van der Waals surface area contributed by atoms with E-state index in [0.717, 1.165) is 43.9 Å². The van der Waals surface area contributed by atoms with Crippen LogP contribution >= 0.6 is 11.3 Å². The number of hydrogen-bond donors (Lipinski definition) is 0. The van der Waals surface area contributed by atoms with Gasteiger partial charge in [-0.05, 0) is 49.1 Å². The number of rotatable bonds is 3. The smallest absolute Gasteiger partial charge is 0.264 e. The van der Waals surface area contributed by atoms with Crippen LogP contribution in [0.2, 0.25) is 0 Å². The molecule has 1 unspecified atom stereocenters. The van der Waals surface area contributed by atoms with Crippen molar-refractivity contribution in [3.8, 4) is 0 Å². The van der Waals surface area contributed by atoms with Gasteiger partial charge in [0.25, 0.3) is 5.91 Å². The van der Waals surface area contributed by atoms with Crippen molar-refractivity contribution >= 4 is 17.2 Å². The Morgan fingerprint density at radius 1 is 1.29 bits per heavy atom. The predicted octanol–water partition coefficient (Wildman–Crippen LogP) is 3.55. The molecule has 1 aliphatic carbocycles. The molecule has 0 radical (unpaired) electrons. The first-order chi connectivity index (χ1) is 13.3. The number of fused-ring (bicyclic) bond motifs is 1. The molecule has 28 heavy (non-hydrogen) atoms. The van der Waals surface area contributed by atoms with Crippen molar-refractivity contribution in [2.45, 2.75) is 53.5 Å². The molecular formula is C21H30N4O2S. The molecule has 1 atom stereocenters. The molecule has 6 nitrogen and oxygen atoms in total. The number of thiophene rings is 1. The van der Waals surface area contributed by atoms with Crippen LogP contribution in [0.25, 0.3) is 0 Å². The maximum atomic E-state index is 13.0. The van der Waals surface area contributed by atoms with Crippen LogP contribution in [0.3, 0.4) is 0 Å². The van der Waals surface area contributed by atoms with E-state index in [0.29, 0.717) is 29.6 Å². The lowest BCUT2D eigenvalue weighted by Crippen LogP contribution is -2.48. The molecule has 152 valence electrons. The van der Waals surface area contributed by atoms with Crippen LogP contribution in [-0.4, -0.2) is 52.0 Å². The molecule has 0 aromatic carbocycles. The number of aryl methyl sites for hydroxylation is 2. The molecular weight excluding hydrogens is 372 g/mol. The Bertz CT molecular complexity index is 843. The normalized spacial score (nSPS) is 21.0. The molecule has 2 aromatic rings. The van der Waals surface area contributed by atoms with Crippen molar-refractivity contribution in [3.63, 3.8) is 0 Å². The Hall–Kier alpha value is -1.73. The molecule has 0 spiro atoms. The van der Waals surface area contributed by atoms with Gasteiger partial charge in [0.1, 0.15) is 0 Å². The van der Waals surface area contributed by atoms with E-state index in [-0.39, 0.29) is 5.91 Å². The first-order valence-electron chi connectivity index (χ1n) is 10.2. The predicted molar refractivity (Wildman–Crippen MR) is 110 cm³/mol. The molecule has 3 heterocycles. The maximum absolute atomic E-state index is 13.0. The number of amides is 1. The first-order valence-corrected chi connectivity index (χ1v) is 11.0. The molecule has 0 bridgehead atoms. The van der Waals surface area contributed by atoms with Gasteiger partial charge in [0.15, 0.2) is 5.82 Å². The van der Waals surface area contributed by atoms with E-state index in [4.69, 9.17) is 4.52 Å². The van der Waals surface area contributed by atoms with Crippen LogP contribution in [0.15, 0.2) is 10.6 Å². The molecule has 1 aliphatic heterocycles. The number of hydrogen-bond acceptors (Lipinski definition) is 6. The van der Waals surface area contributed by atoms with Crippen LogP contribution in [0.1, 0.15) is 59.0 Å². The molecule has 2 aromatic heterocycles. The topological polar surface area (TPSA) is 62.5 Å². The van der Waals surface area contributed by atoms with Crippen LogP contribution in [0.4, 0.5) is 0 Å². The van der Waals surface area contributed by atoms with Gasteiger partial charge in [-0.15, -0.1) is 11.3 Å². The fourth-order valence-corrected chi connectivity index (χ4v) is 5.41. The highest BCUT2D eigenvalue weighted by Crippen LogP contribution is 2.40. The molecule has 1 saturated heterocycles. The van der Waals surface area contributed by atoms with Crippen LogP contribution in [0.5, 0.6) is 0 Å². The van der Waals surface area contributed by atoms with Gasteiger partial charge in [0.05, 0.1) is 11.4 Å². The molecule has 7 heteroatoms. The van der Waals surface area contributed by atoms with Gasteiger partial charge >= 0.3 is 0 Å². The van der Waals surface area contributed by atoms with Crippen LogP contribution in [-0.2, 0) is 19.4 Å². The lowest BCUT2D eigenvalue weighted by molar-refractivity contribution is 0.0619. The Balaban J connectivity index is 1.35.